The highest BCUT2D eigenvalue weighted by atomic mass is 35.7. The monoisotopic (exact) mass is 276 g/mol. The molecular formula is C11H13ClO4S. The molecule has 17 heavy (non-hydrogen) atoms. The van der Waals surface area contributed by atoms with Crippen LogP contribution in [0.25, 0.3) is 0 Å². The van der Waals surface area contributed by atoms with Gasteiger partial charge in [-0.1, -0.05) is 12.1 Å². The second-order valence-corrected chi connectivity index (χ2v) is 6.35. The molecule has 1 aromatic carbocycles. The van der Waals surface area contributed by atoms with Crippen LogP contribution in [-0.2, 0) is 13.8 Å². The predicted octanol–water partition coefficient (Wildman–Crippen LogP) is 2.17. The maximum absolute atomic E-state index is 11.4. The summed E-state index contributed by atoms with van der Waals surface area (Å²) in [4.78, 5) is 0.0214. The molecule has 0 saturated carbocycles. The van der Waals surface area contributed by atoms with Crippen LogP contribution in [0.15, 0.2) is 29.2 Å². The van der Waals surface area contributed by atoms with Crippen molar-refractivity contribution in [3.05, 3.63) is 24.3 Å². The van der Waals surface area contributed by atoms with Crippen LogP contribution in [0.2, 0.25) is 0 Å². The highest BCUT2D eigenvalue weighted by molar-refractivity contribution is 8.13. The molecule has 0 amide bonds. The van der Waals surface area contributed by atoms with Crippen LogP contribution in [0.4, 0.5) is 0 Å². The van der Waals surface area contributed by atoms with E-state index in [1.54, 1.807) is 18.2 Å². The molecule has 0 bridgehead atoms. The van der Waals surface area contributed by atoms with Gasteiger partial charge in [-0.25, -0.2) is 8.42 Å². The average Bonchev–Trinajstić information content (AvgIpc) is 2.30. The highest BCUT2D eigenvalue weighted by Gasteiger charge is 2.21. The third kappa shape index (κ3) is 3.34. The van der Waals surface area contributed by atoms with Crippen molar-refractivity contribution >= 4 is 19.7 Å². The van der Waals surface area contributed by atoms with Crippen molar-refractivity contribution < 1.29 is 17.9 Å². The van der Waals surface area contributed by atoms with Crippen molar-refractivity contribution in [2.75, 3.05) is 13.2 Å². The lowest BCUT2D eigenvalue weighted by atomic mass is 10.1. The van der Waals surface area contributed by atoms with Crippen molar-refractivity contribution in [2.24, 2.45) is 0 Å². The van der Waals surface area contributed by atoms with E-state index in [1.807, 2.05) is 0 Å². The number of hydrogen-bond acceptors (Lipinski definition) is 4. The topological polar surface area (TPSA) is 52.6 Å². The van der Waals surface area contributed by atoms with Crippen LogP contribution in [0.1, 0.15) is 12.8 Å². The number of benzene rings is 1. The summed E-state index contributed by atoms with van der Waals surface area (Å²) in [5, 5.41) is 0. The van der Waals surface area contributed by atoms with E-state index in [0.717, 1.165) is 12.8 Å². The molecule has 1 heterocycles. The summed E-state index contributed by atoms with van der Waals surface area (Å²) < 4.78 is 33.6. The van der Waals surface area contributed by atoms with Gasteiger partial charge in [0.1, 0.15) is 16.7 Å². The van der Waals surface area contributed by atoms with Crippen LogP contribution in [-0.4, -0.2) is 27.7 Å². The largest absolute Gasteiger partial charge is 0.489 e. The fourth-order valence-corrected chi connectivity index (χ4v) is 2.70. The molecule has 0 N–H and O–H groups in total. The van der Waals surface area contributed by atoms with Gasteiger partial charge in [0.25, 0.3) is 9.05 Å². The van der Waals surface area contributed by atoms with E-state index >= 15 is 0 Å². The van der Waals surface area contributed by atoms with Gasteiger partial charge >= 0.3 is 0 Å². The van der Waals surface area contributed by atoms with E-state index in [9.17, 15) is 8.42 Å². The summed E-state index contributed by atoms with van der Waals surface area (Å²) in [5.41, 5.74) is 0. The zero-order chi connectivity index (χ0) is 12.3. The molecule has 6 heteroatoms. The molecule has 0 radical (unpaired) electrons. The first-order valence-corrected chi connectivity index (χ1v) is 7.66. The Balaban J connectivity index is 2.20. The fraction of sp³-hybridized carbons (Fsp3) is 0.455. The summed E-state index contributed by atoms with van der Waals surface area (Å²) in [6, 6.07) is 6.40. The minimum absolute atomic E-state index is 0.0108. The molecule has 0 spiro atoms. The predicted molar refractivity (Wildman–Crippen MR) is 63.9 cm³/mol. The smallest absolute Gasteiger partial charge is 0.264 e. The number of hydrogen-bond donors (Lipinski definition) is 0. The van der Waals surface area contributed by atoms with Gasteiger partial charge in [-0.05, 0) is 12.1 Å². The van der Waals surface area contributed by atoms with Crippen molar-refractivity contribution in [2.45, 2.75) is 23.8 Å². The van der Waals surface area contributed by atoms with Gasteiger partial charge in [0.05, 0.1) is 13.2 Å². The summed E-state index contributed by atoms with van der Waals surface area (Å²) in [5.74, 6) is 0.314. The molecule has 94 valence electrons. The number of halogens is 1. The van der Waals surface area contributed by atoms with E-state index in [4.69, 9.17) is 20.2 Å². The summed E-state index contributed by atoms with van der Waals surface area (Å²) >= 11 is 0. The number of rotatable bonds is 3. The molecular weight excluding hydrogens is 264 g/mol. The zero-order valence-electron chi connectivity index (χ0n) is 9.13. The molecule has 1 aliphatic heterocycles. The normalized spacial score (nSPS) is 17.9. The first-order chi connectivity index (χ1) is 8.07. The lowest BCUT2D eigenvalue weighted by Crippen LogP contribution is -2.26. The third-order valence-corrected chi connectivity index (χ3v) is 3.94. The summed E-state index contributed by atoms with van der Waals surface area (Å²) in [6.45, 7) is 1.28. The van der Waals surface area contributed by atoms with Gasteiger partial charge in [0.2, 0.25) is 0 Å². The van der Waals surface area contributed by atoms with Gasteiger partial charge in [0, 0.05) is 23.5 Å². The lowest BCUT2D eigenvalue weighted by molar-refractivity contribution is 0.0244. The fourth-order valence-electron chi connectivity index (χ4n) is 1.72. The average molecular weight is 277 g/mol. The Bertz CT molecular complexity index is 480. The van der Waals surface area contributed by atoms with Crippen LogP contribution >= 0.6 is 10.7 Å². The van der Waals surface area contributed by atoms with E-state index in [1.165, 1.54) is 6.07 Å². The third-order valence-electron chi connectivity index (χ3n) is 2.57. The van der Waals surface area contributed by atoms with Crippen LogP contribution in [0.5, 0.6) is 5.75 Å². The summed E-state index contributed by atoms with van der Waals surface area (Å²) in [6.07, 6.45) is 1.51. The Morgan fingerprint density at radius 3 is 2.53 bits per heavy atom. The van der Waals surface area contributed by atoms with Crippen LogP contribution < -0.4 is 4.74 Å². The van der Waals surface area contributed by atoms with E-state index in [-0.39, 0.29) is 11.0 Å². The Kier molecular flexibility index (Phi) is 3.91. The number of ether oxygens (including phenoxy) is 2. The molecule has 0 aromatic heterocycles. The van der Waals surface area contributed by atoms with Gasteiger partial charge in [-0.2, -0.15) is 0 Å². The minimum Gasteiger partial charge on any atom is -0.489 e. The first-order valence-electron chi connectivity index (χ1n) is 5.35. The van der Waals surface area contributed by atoms with Gasteiger partial charge < -0.3 is 9.47 Å². The Morgan fingerprint density at radius 2 is 1.88 bits per heavy atom. The Labute approximate surface area is 105 Å². The molecule has 0 atom stereocenters. The lowest BCUT2D eigenvalue weighted by Gasteiger charge is -2.24. The maximum Gasteiger partial charge on any atom is 0.264 e. The Hall–Kier alpha value is -0.780. The number of para-hydroxylation sites is 1. The van der Waals surface area contributed by atoms with E-state index in [2.05, 4.69) is 0 Å². The van der Waals surface area contributed by atoms with Gasteiger partial charge in [0.15, 0.2) is 0 Å². The van der Waals surface area contributed by atoms with Crippen molar-refractivity contribution in [1.29, 1.82) is 0 Å². The molecule has 1 saturated heterocycles. The van der Waals surface area contributed by atoms with Gasteiger partial charge in [-0.15, -0.1) is 0 Å². The minimum atomic E-state index is -3.77. The first kappa shape index (κ1) is 12.7. The molecule has 2 rings (SSSR count). The molecule has 1 fully saturated rings. The molecule has 0 aliphatic carbocycles. The quantitative estimate of drug-likeness (QED) is 0.794. The van der Waals surface area contributed by atoms with E-state index < -0.39 is 9.05 Å². The molecule has 1 aromatic rings. The standard InChI is InChI=1S/C11H13ClO4S/c12-17(13,14)11-4-2-1-3-10(11)16-9-5-7-15-8-6-9/h1-4,9H,5-8H2. The zero-order valence-corrected chi connectivity index (χ0v) is 10.7. The van der Waals surface area contributed by atoms with Crippen molar-refractivity contribution in [1.82, 2.24) is 0 Å². The molecule has 4 nitrogen and oxygen atoms in total. The SMILES string of the molecule is O=S(=O)(Cl)c1ccccc1OC1CCOCC1. The molecule has 0 unspecified atom stereocenters. The molecule has 1 aliphatic rings. The van der Waals surface area contributed by atoms with Crippen molar-refractivity contribution in [3.63, 3.8) is 0 Å². The van der Waals surface area contributed by atoms with Gasteiger partial charge in [-0.3, -0.25) is 0 Å². The van der Waals surface area contributed by atoms with Crippen LogP contribution in [0.3, 0.4) is 0 Å². The van der Waals surface area contributed by atoms with E-state index in [0.29, 0.717) is 19.0 Å². The second kappa shape index (κ2) is 5.25. The second-order valence-electron chi connectivity index (χ2n) is 3.81. The Morgan fingerprint density at radius 1 is 1.24 bits per heavy atom. The highest BCUT2D eigenvalue weighted by Crippen LogP contribution is 2.28. The van der Waals surface area contributed by atoms with Crippen LogP contribution in [0, 0.1) is 0 Å². The van der Waals surface area contributed by atoms with Crippen molar-refractivity contribution in [3.8, 4) is 5.75 Å². The maximum atomic E-state index is 11.4. The summed E-state index contributed by atoms with van der Waals surface area (Å²) in [7, 11) is 1.58.